The average molecular weight is 355 g/mol. The van der Waals surface area contributed by atoms with Crippen LogP contribution in [0.5, 0.6) is 5.75 Å². The molecule has 0 fully saturated rings. The van der Waals surface area contributed by atoms with Gasteiger partial charge < -0.3 is 14.7 Å². The second-order valence-electron chi connectivity index (χ2n) is 5.81. The summed E-state index contributed by atoms with van der Waals surface area (Å²) in [5, 5.41) is 12.8. The number of carbonyl (C=O) groups excluding carboxylic acids is 1. The van der Waals surface area contributed by atoms with Gasteiger partial charge in [-0.1, -0.05) is 6.07 Å². The molecular weight excluding hydrogens is 334 g/mol. The van der Waals surface area contributed by atoms with Crippen molar-refractivity contribution < 1.29 is 19.4 Å². The first-order valence-electron chi connectivity index (χ1n) is 7.97. The van der Waals surface area contributed by atoms with Crippen molar-refractivity contribution in [2.45, 2.75) is 13.0 Å². The van der Waals surface area contributed by atoms with Gasteiger partial charge in [0.2, 0.25) is 0 Å². The molecule has 0 saturated heterocycles. The van der Waals surface area contributed by atoms with E-state index in [1.807, 2.05) is 31.1 Å². The molecule has 0 spiro atoms. The third kappa shape index (κ3) is 5.34. The lowest BCUT2D eigenvalue weighted by atomic mass is 10.2. The number of carbonyl (C=O) groups is 2. The fourth-order valence-corrected chi connectivity index (χ4v) is 2.04. The Hall–Kier alpha value is -3.35. The maximum absolute atomic E-state index is 12.1. The monoisotopic (exact) mass is 355 g/mol. The molecule has 0 bridgehead atoms. The molecule has 2 aromatic rings. The summed E-state index contributed by atoms with van der Waals surface area (Å²) in [5.74, 6) is -0.890. The van der Waals surface area contributed by atoms with E-state index in [1.54, 1.807) is 36.4 Å². The number of benzene rings is 2. The van der Waals surface area contributed by atoms with Crippen molar-refractivity contribution in [3.8, 4) is 5.75 Å². The van der Waals surface area contributed by atoms with E-state index in [1.165, 1.54) is 13.1 Å². The first kappa shape index (κ1) is 19.0. The fourth-order valence-electron chi connectivity index (χ4n) is 2.04. The predicted octanol–water partition coefficient (Wildman–Crippen LogP) is 2.37. The number of carboxylic acids is 1. The number of nitrogens with zero attached hydrogens (tertiary/aromatic N) is 2. The van der Waals surface area contributed by atoms with Gasteiger partial charge in [-0.15, -0.1) is 0 Å². The zero-order valence-electron chi connectivity index (χ0n) is 14.8. The van der Waals surface area contributed by atoms with E-state index < -0.39 is 12.1 Å². The van der Waals surface area contributed by atoms with Crippen molar-refractivity contribution in [1.29, 1.82) is 0 Å². The molecule has 1 amide bonds. The molecule has 2 rings (SSSR count). The van der Waals surface area contributed by atoms with E-state index in [2.05, 4.69) is 10.5 Å². The first-order valence-corrected chi connectivity index (χ1v) is 7.97. The van der Waals surface area contributed by atoms with Crippen LogP contribution in [0.3, 0.4) is 0 Å². The molecular formula is C19H21N3O4. The lowest BCUT2D eigenvalue weighted by Gasteiger charge is -2.12. The lowest BCUT2D eigenvalue weighted by Crippen LogP contribution is -2.22. The summed E-state index contributed by atoms with van der Waals surface area (Å²) in [4.78, 5) is 24.8. The minimum absolute atomic E-state index is 0.305. The van der Waals surface area contributed by atoms with Crippen LogP contribution in [0, 0.1) is 0 Å². The smallest absolute Gasteiger partial charge is 0.344 e. The van der Waals surface area contributed by atoms with Crippen LogP contribution in [0.2, 0.25) is 0 Å². The van der Waals surface area contributed by atoms with Crippen molar-refractivity contribution in [3.05, 3.63) is 59.7 Å². The highest BCUT2D eigenvalue weighted by Gasteiger charge is 2.11. The summed E-state index contributed by atoms with van der Waals surface area (Å²) in [7, 11) is 3.81. The molecule has 2 N–H and O–H groups in total. The van der Waals surface area contributed by atoms with Crippen LogP contribution in [-0.2, 0) is 4.79 Å². The minimum Gasteiger partial charge on any atom is -0.479 e. The van der Waals surface area contributed by atoms with E-state index in [0.717, 1.165) is 11.3 Å². The Morgan fingerprint density at radius 2 is 1.88 bits per heavy atom. The number of hydrazone groups is 1. The van der Waals surface area contributed by atoms with Crippen LogP contribution < -0.4 is 15.1 Å². The molecule has 2 aromatic carbocycles. The molecule has 26 heavy (non-hydrogen) atoms. The Bertz CT molecular complexity index is 801. The largest absolute Gasteiger partial charge is 0.479 e. The zero-order valence-corrected chi connectivity index (χ0v) is 14.8. The molecule has 0 unspecified atom stereocenters. The van der Waals surface area contributed by atoms with Gasteiger partial charge in [0.15, 0.2) is 6.10 Å². The summed E-state index contributed by atoms with van der Waals surface area (Å²) in [6, 6.07) is 13.9. The molecule has 0 aliphatic heterocycles. The Morgan fingerprint density at radius 3 is 2.50 bits per heavy atom. The minimum atomic E-state index is -1.03. The van der Waals surface area contributed by atoms with Crippen LogP contribution in [0.1, 0.15) is 22.8 Å². The standard InChI is InChI=1S/C19H21N3O4/c1-13(19(24)25)26-17-9-7-14(8-10-17)12-20-21-18(23)15-5-4-6-16(11-15)22(2)3/h4-13H,1-3H3,(H,21,23)(H,24,25)/t13-/m1/s1. The van der Waals surface area contributed by atoms with Crippen LogP contribution in [0.15, 0.2) is 53.6 Å². The number of hydrogen-bond acceptors (Lipinski definition) is 5. The summed E-state index contributed by atoms with van der Waals surface area (Å²) >= 11 is 0. The number of ether oxygens (including phenoxy) is 1. The third-order valence-corrected chi connectivity index (χ3v) is 3.55. The molecule has 1 atom stereocenters. The normalized spacial score (nSPS) is 11.8. The molecule has 136 valence electrons. The molecule has 0 aliphatic rings. The third-order valence-electron chi connectivity index (χ3n) is 3.55. The Balaban J connectivity index is 1.94. The van der Waals surface area contributed by atoms with Crippen molar-refractivity contribution >= 4 is 23.8 Å². The van der Waals surface area contributed by atoms with Gasteiger partial charge >= 0.3 is 5.97 Å². The summed E-state index contributed by atoms with van der Waals surface area (Å²) in [5.41, 5.74) is 4.65. The van der Waals surface area contributed by atoms with Gasteiger partial charge in [0.1, 0.15) is 5.75 Å². The van der Waals surface area contributed by atoms with Crippen molar-refractivity contribution in [3.63, 3.8) is 0 Å². The number of anilines is 1. The van der Waals surface area contributed by atoms with E-state index in [9.17, 15) is 9.59 Å². The number of hydrogen-bond donors (Lipinski definition) is 2. The van der Waals surface area contributed by atoms with E-state index in [0.29, 0.717) is 11.3 Å². The molecule has 0 aliphatic carbocycles. The van der Waals surface area contributed by atoms with Gasteiger partial charge in [-0.05, 0) is 55.0 Å². The summed E-state index contributed by atoms with van der Waals surface area (Å²) < 4.78 is 5.24. The second-order valence-corrected chi connectivity index (χ2v) is 5.81. The van der Waals surface area contributed by atoms with Crippen molar-refractivity contribution in [2.75, 3.05) is 19.0 Å². The SMILES string of the molecule is C[C@@H](Oc1ccc(C=NNC(=O)c2cccc(N(C)C)c2)cc1)C(=O)O. The molecule has 7 nitrogen and oxygen atoms in total. The fraction of sp³-hybridized carbons (Fsp3) is 0.211. The number of nitrogens with one attached hydrogen (secondary N) is 1. The first-order chi connectivity index (χ1) is 12.4. The summed E-state index contributed by atoms with van der Waals surface area (Å²) in [6.07, 6.45) is 0.574. The lowest BCUT2D eigenvalue weighted by molar-refractivity contribution is -0.144. The average Bonchev–Trinajstić information content (AvgIpc) is 2.63. The molecule has 0 saturated carbocycles. The molecule has 0 aromatic heterocycles. The van der Waals surface area contributed by atoms with Gasteiger partial charge in [0.05, 0.1) is 6.21 Å². The van der Waals surface area contributed by atoms with Gasteiger partial charge in [0.25, 0.3) is 5.91 Å². The van der Waals surface area contributed by atoms with E-state index >= 15 is 0 Å². The number of carboxylic acid groups (broad SMARTS) is 1. The predicted molar refractivity (Wildman–Crippen MR) is 100.0 cm³/mol. The Kier molecular flexibility index (Phi) is 6.32. The second kappa shape index (κ2) is 8.66. The number of amides is 1. The highest BCUT2D eigenvalue weighted by Crippen LogP contribution is 2.14. The van der Waals surface area contributed by atoms with Gasteiger partial charge in [0, 0.05) is 25.3 Å². The van der Waals surface area contributed by atoms with Crippen LogP contribution in [0.25, 0.3) is 0 Å². The van der Waals surface area contributed by atoms with Gasteiger partial charge in [-0.2, -0.15) is 5.10 Å². The maximum atomic E-state index is 12.1. The summed E-state index contributed by atoms with van der Waals surface area (Å²) in [6.45, 7) is 1.46. The quantitative estimate of drug-likeness (QED) is 0.588. The molecule has 0 radical (unpaired) electrons. The van der Waals surface area contributed by atoms with E-state index in [4.69, 9.17) is 9.84 Å². The van der Waals surface area contributed by atoms with Crippen LogP contribution in [-0.4, -0.2) is 43.4 Å². The van der Waals surface area contributed by atoms with Gasteiger partial charge in [-0.3, -0.25) is 4.79 Å². The van der Waals surface area contributed by atoms with E-state index in [-0.39, 0.29) is 5.91 Å². The zero-order chi connectivity index (χ0) is 19.1. The number of rotatable bonds is 7. The van der Waals surface area contributed by atoms with Crippen molar-refractivity contribution in [1.82, 2.24) is 5.43 Å². The highest BCUT2D eigenvalue weighted by atomic mass is 16.5. The maximum Gasteiger partial charge on any atom is 0.344 e. The Morgan fingerprint density at radius 1 is 1.19 bits per heavy atom. The van der Waals surface area contributed by atoms with Gasteiger partial charge in [-0.25, -0.2) is 10.2 Å². The van der Waals surface area contributed by atoms with Crippen LogP contribution in [0.4, 0.5) is 5.69 Å². The Labute approximate surface area is 151 Å². The highest BCUT2D eigenvalue weighted by molar-refractivity contribution is 5.95. The topological polar surface area (TPSA) is 91.2 Å². The molecule has 7 heteroatoms. The number of aliphatic carboxylic acids is 1. The molecule has 0 heterocycles. The van der Waals surface area contributed by atoms with Crippen LogP contribution >= 0.6 is 0 Å². The van der Waals surface area contributed by atoms with Crippen molar-refractivity contribution in [2.24, 2.45) is 5.10 Å².